The van der Waals surface area contributed by atoms with Crippen molar-refractivity contribution in [1.29, 1.82) is 0 Å². The van der Waals surface area contributed by atoms with E-state index in [0.29, 0.717) is 11.2 Å². The van der Waals surface area contributed by atoms with Gasteiger partial charge in [0.25, 0.3) is 0 Å². The van der Waals surface area contributed by atoms with Gasteiger partial charge in [-0.2, -0.15) is 0 Å². The Hall–Kier alpha value is -1.09. The van der Waals surface area contributed by atoms with Crippen molar-refractivity contribution in [1.82, 2.24) is 14.5 Å². The van der Waals surface area contributed by atoms with Crippen molar-refractivity contribution in [2.45, 2.75) is 18.9 Å². The molecule has 4 heteroatoms. The van der Waals surface area contributed by atoms with Gasteiger partial charge >= 0.3 is 0 Å². The number of hydrogen-bond donors (Lipinski definition) is 0. The van der Waals surface area contributed by atoms with E-state index in [2.05, 4.69) is 14.5 Å². The number of nitrogens with zero attached hydrogens (tertiary/aromatic N) is 3. The summed E-state index contributed by atoms with van der Waals surface area (Å²) < 4.78 is 2.18. The monoisotopic (exact) mass is 193 g/mol. The Bertz CT molecular complexity index is 459. The molecule has 1 aliphatic rings. The van der Waals surface area contributed by atoms with Crippen molar-refractivity contribution in [3.05, 3.63) is 23.7 Å². The molecule has 3 nitrogen and oxygen atoms in total. The molecule has 1 saturated carbocycles. The molecule has 2 heterocycles. The quantitative estimate of drug-likeness (QED) is 0.652. The second-order valence-corrected chi connectivity index (χ2v) is 3.77. The number of halogens is 1. The number of pyridine rings is 1. The van der Waals surface area contributed by atoms with E-state index in [1.807, 2.05) is 12.4 Å². The van der Waals surface area contributed by atoms with Gasteiger partial charge in [-0.15, -0.1) is 0 Å². The molecule has 0 aliphatic heterocycles. The zero-order valence-electron chi connectivity index (χ0n) is 6.94. The van der Waals surface area contributed by atoms with Gasteiger partial charge in [-0.25, -0.2) is 9.97 Å². The summed E-state index contributed by atoms with van der Waals surface area (Å²) in [7, 11) is 0. The fraction of sp³-hybridized carbons (Fsp3) is 0.333. The molecule has 2 aromatic rings. The summed E-state index contributed by atoms with van der Waals surface area (Å²) in [5.74, 6) is 0. The van der Waals surface area contributed by atoms with Crippen molar-refractivity contribution < 1.29 is 0 Å². The summed E-state index contributed by atoms with van der Waals surface area (Å²) in [5.41, 5.74) is 2.03. The molecular weight excluding hydrogens is 186 g/mol. The van der Waals surface area contributed by atoms with E-state index in [4.69, 9.17) is 11.6 Å². The van der Waals surface area contributed by atoms with E-state index >= 15 is 0 Å². The molecule has 66 valence electrons. The Labute approximate surface area is 80.4 Å². The predicted octanol–water partition coefficient (Wildman–Crippen LogP) is 2.42. The van der Waals surface area contributed by atoms with E-state index in [1.54, 1.807) is 6.20 Å². The molecule has 2 aromatic heterocycles. The van der Waals surface area contributed by atoms with E-state index in [1.165, 1.54) is 12.8 Å². The fourth-order valence-electron chi connectivity index (χ4n) is 1.55. The molecule has 0 spiro atoms. The van der Waals surface area contributed by atoms with Crippen LogP contribution in [0.15, 0.2) is 18.6 Å². The highest BCUT2D eigenvalue weighted by Crippen LogP contribution is 2.37. The van der Waals surface area contributed by atoms with Crippen LogP contribution in [-0.2, 0) is 0 Å². The van der Waals surface area contributed by atoms with Crippen molar-refractivity contribution in [3.8, 4) is 0 Å². The first-order valence-corrected chi connectivity index (χ1v) is 4.70. The highest BCUT2D eigenvalue weighted by molar-refractivity contribution is 6.29. The van der Waals surface area contributed by atoms with Gasteiger partial charge in [0, 0.05) is 12.1 Å². The SMILES string of the molecule is Clc1cc2c(cn1)ncn2C1CC1. The summed E-state index contributed by atoms with van der Waals surface area (Å²) in [4.78, 5) is 8.25. The molecule has 0 radical (unpaired) electrons. The average Bonchev–Trinajstić information content (AvgIpc) is 2.87. The van der Waals surface area contributed by atoms with Crippen LogP contribution in [0.1, 0.15) is 18.9 Å². The number of imidazole rings is 1. The fourth-order valence-corrected chi connectivity index (χ4v) is 1.70. The molecule has 0 amide bonds. The maximum absolute atomic E-state index is 5.82. The predicted molar refractivity (Wildman–Crippen MR) is 50.8 cm³/mol. The van der Waals surface area contributed by atoms with Crippen molar-refractivity contribution in [2.75, 3.05) is 0 Å². The van der Waals surface area contributed by atoms with Crippen molar-refractivity contribution >= 4 is 22.6 Å². The number of rotatable bonds is 1. The molecule has 0 bridgehead atoms. The van der Waals surface area contributed by atoms with E-state index < -0.39 is 0 Å². The van der Waals surface area contributed by atoms with Gasteiger partial charge in [0.15, 0.2) is 0 Å². The normalized spacial score (nSPS) is 16.7. The van der Waals surface area contributed by atoms with Crippen molar-refractivity contribution in [2.24, 2.45) is 0 Å². The van der Waals surface area contributed by atoms with E-state index in [0.717, 1.165) is 11.0 Å². The maximum atomic E-state index is 5.82. The highest BCUT2D eigenvalue weighted by Gasteiger charge is 2.24. The maximum Gasteiger partial charge on any atom is 0.131 e. The van der Waals surface area contributed by atoms with Crippen LogP contribution >= 0.6 is 11.6 Å². The Morgan fingerprint density at radius 3 is 3.00 bits per heavy atom. The molecule has 0 atom stereocenters. The zero-order valence-corrected chi connectivity index (χ0v) is 7.70. The molecule has 0 unspecified atom stereocenters. The Morgan fingerprint density at radius 1 is 1.38 bits per heavy atom. The molecule has 3 rings (SSSR count). The van der Waals surface area contributed by atoms with Crippen LogP contribution < -0.4 is 0 Å². The minimum atomic E-state index is 0.537. The Kier molecular flexibility index (Phi) is 1.38. The van der Waals surface area contributed by atoms with Gasteiger partial charge in [-0.3, -0.25) is 0 Å². The molecule has 0 aromatic carbocycles. The van der Waals surface area contributed by atoms with Gasteiger partial charge in [0.2, 0.25) is 0 Å². The molecule has 1 aliphatic carbocycles. The van der Waals surface area contributed by atoms with Crippen LogP contribution in [0.3, 0.4) is 0 Å². The minimum absolute atomic E-state index is 0.537. The van der Waals surface area contributed by atoms with Gasteiger partial charge in [-0.05, 0) is 12.8 Å². The van der Waals surface area contributed by atoms with Gasteiger partial charge in [-0.1, -0.05) is 11.6 Å². The van der Waals surface area contributed by atoms with Gasteiger partial charge in [0.05, 0.1) is 18.0 Å². The lowest BCUT2D eigenvalue weighted by Crippen LogP contribution is -1.90. The lowest BCUT2D eigenvalue weighted by molar-refractivity contribution is 0.766. The standard InChI is InChI=1S/C9H8ClN3/c10-9-3-8-7(4-11-9)12-5-13(8)6-1-2-6/h3-6H,1-2H2. The van der Waals surface area contributed by atoms with Crippen LogP contribution in [0, 0.1) is 0 Å². The Morgan fingerprint density at radius 2 is 2.23 bits per heavy atom. The molecular formula is C9H8ClN3. The van der Waals surface area contributed by atoms with E-state index in [9.17, 15) is 0 Å². The largest absolute Gasteiger partial charge is 0.327 e. The summed E-state index contributed by atoms with van der Waals surface area (Å²) >= 11 is 5.82. The summed E-state index contributed by atoms with van der Waals surface area (Å²) in [6.07, 6.45) is 6.10. The molecule has 1 fully saturated rings. The first kappa shape index (κ1) is 7.33. The number of aromatic nitrogens is 3. The van der Waals surface area contributed by atoms with Crippen LogP contribution in [0.4, 0.5) is 0 Å². The topological polar surface area (TPSA) is 30.7 Å². The van der Waals surface area contributed by atoms with Crippen LogP contribution in [0.25, 0.3) is 11.0 Å². The summed E-state index contributed by atoms with van der Waals surface area (Å²) in [6, 6.07) is 2.52. The third kappa shape index (κ3) is 1.11. The van der Waals surface area contributed by atoms with Crippen molar-refractivity contribution in [3.63, 3.8) is 0 Å². The van der Waals surface area contributed by atoms with Crippen LogP contribution in [0.2, 0.25) is 5.15 Å². The highest BCUT2D eigenvalue weighted by atomic mass is 35.5. The third-order valence-corrected chi connectivity index (χ3v) is 2.57. The Balaban J connectivity index is 2.29. The third-order valence-electron chi connectivity index (χ3n) is 2.37. The molecule has 13 heavy (non-hydrogen) atoms. The smallest absolute Gasteiger partial charge is 0.131 e. The minimum Gasteiger partial charge on any atom is -0.327 e. The lowest BCUT2D eigenvalue weighted by Gasteiger charge is -1.99. The van der Waals surface area contributed by atoms with Gasteiger partial charge in [0.1, 0.15) is 10.7 Å². The van der Waals surface area contributed by atoms with Crippen LogP contribution in [0.5, 0.6) is 0 Å². The first-order valence-electron chi connectivity index (χ1n) is 4.33. The van der Waals surface area contributed by atoms with E-state index in [-0.39, 0.29) is 0 Å². The number of hydrogen-bond acceptors (Lipinski definition) is 2. The average molecular weight is 194 g/mol. The van der Waals surface area contributed by atoms with Gasteiger partial charge < -0.3 is 4.57 Å². The summed E-state index contributed by atoms with van der Waals surface area (Å²) in [5, 5.41) is 0.537. The lowest BCUT2D eigenvalue weighted by atomic mass is 10.4. The first-order chi connectivity index (χ1) is 6.34. The second kappa shape index (κ2) is 2.45. The summed E-state index contributed by atoms with van der Waals surface area (Å²) in [6.45, 7) is 0. The zero-order chi connectivity index (χ0) is 8.84. The molecule has 0 saturated heterocycles. The number of fused-ring (bicyclic) bond motifs is 1. The molecule has 0 N–H and O–H groups in total. The second-order valence-electron chi connectivity index (χ2n) is 3.38. The van der Waals surface area contributed by atoms with Crippen LogP contribution in [-0.4, -0.2) is 14.5 Å².